The molecule has 1 atom stereocenters. The molecule has 0 fully saturated rings. The molecule has 0 saturated heterocycles. The van der Waals surface area contributed by atoms with Crippen molar-refractivity contribution in [3.8, 4) is 11.5 Å². The zero-order valence-corrected chi connectivity index (χ0v) is 27.3. The summed E-state index contributed by atoms with van der Waals surface area (Å²) in [5.74, 6) is 0.399. The van der Waals surface area contributed by atoms with E-state index in [0.29, 0.717) is 54.3 Å². The van der Waals surface area contributed by atoms with Crippen LogP contribution in [0.3, 0.4) is 0 Å². The Morgan fingerprint density at radius 3 is 2.48 bits per heavy atom. The van der Waals surface area contributed by atoms with Gasteiger partial charge in [0.05, 0.1) is 38.6 Å². The molecular formula is C34H32Cl2N2O5S. The predicted octanol–water partition coefficient (Wildman–Crippen LogP) is 6.78. The van der Waals surface area contributed by atoms with Crippen LogP contribution in [0.15, 0.2) is 81.7 Å². The molecule has 0 amide bonds. The second-order valence-electron chi connectivity index (χ2n) is 10.6. The van der Waals surface area contributed by atoms with Crippen LogP contribution in [0.5, 0.6) is 11.5 Å². The fourth-order valence-corrected chi connectivity index (χ4v) is 6.72. The van der Waals surface area contributed by atoms with Crippen LogP contribution in [-0.2, 0) is 16.1 Å². The second-order valence-corrected chi connectivity index (χ2v) is 12.4. The number of allylic oxidation sites excluding steroid dienone is 1. The predicted molar refractivity (Wildman–Crippen MR) is 175 cm³/mol. The number of para-hydroxylation sites is 1. The first-order valence-electron chi connectivity index (χ1n) is 14.2. The highest BCUT2D eigenvalue weighted by Crippen LogP contribution is 2.37. The Bertz CT molecular complexity index is 1920. The first kappa shape index (κ1) is 31.6. The molecule has 10 heteroatoms. The lowest BCUT2D eigenvalue weighted by Crippen LogP contribution is -2.40. The largest absolute Gasteiger partial charge is 0.491 e. The maximum absolute atomic E-state index is 14.1. The number of thiazole rings is 1. The number of benzene rings is 3. The van der Waals surface area contributed by atoms with Crippen LogP contribution in [0.2, 0.25) is 10.0 Å². The highest BCUT2D eigenvalue weighted by atomic mass is 35.5. The summed E-state index contributed by atoms with van der Waals surface area (Å²) >= 11 is 14.4. The van der Waals surface area contributed by atoms with Gasteiger partial charge in [0.25, 0.3) is 5.56 Å². The van der Waals surface area contributed by atoms with E-state index in [0.717, 1.165) is 11.1 Å². The van der Waals surface area contributed by atoms with E-state index in [1.54, 1.807) is 32.1 Å². The van der Waals surface area contributed by atoms with Crippen LogP contribution in [0.4, 0.5) is 0 Å². The molecule has 0 bridgehead atoms. The Labute approximate surface area is 269 Å². The van der Waals surface area contributed by atoms with Gasteiger partial charge < -0.3 is 14.2 Å². The van der Waals surface area contributed by atoms with Crippen LogP contribution >= 0.6 is 34.5 Å². The molecule has 0 aliphatic carbocycles. The quantitative estimate of drug-likeness (QED) is 0.187. The van der Waals surface area contributed by atoms with Gasteiger partial charge in [-0.2, -0.15) is 0 Å². The number of esters is 1. The van der Waals surface area contributed by atoms with Crippen molar-refractivity contribution in [2.75, 3.05) is 6.61 Å². The van der Waals surface area contributed by atoms with Crippen molar-refractivity contribution in [2.24, 2.45) is 4.99 Å². The van der Waals surface area contributed by atoms with Crippen molar-refractivity contribution in [3.63, 3.8) is 0 Å². The molecule has 228 valence electrons. The number of hydrogen-bond acceptors (Lipinski definition) is 7. The van der Waals surface area contributed by atoms with Crippen LogP contribution in [0, 0.1) is 6.92 Å². The van der Waals surface area contributed by atoms with Crippen molar-refractivity contribution in [1.29, 1.82) is 0 Å². The fourth-order valence-electron chi connectivity index (χ4n) is 5.06. The summed E-state index contributed by atoms with van der Waals surface area (Å²) in [6, 6.07) is 18.0. The summed E-state index contributed by atoms with van der Waals surface area (Å²) in [5, 5.41) is 0.643. The van der Waals surface area contributed by atoms with E-state index >= 15 is 0 Å². The summed E-state index contributed by atoms with van der Waals surface area (Å²) in [7, 11) is 0. The first-order valence-corrected chi connectivity index (χ1v) is 15.8. The van der Waals surface area contributed by atoms with Gasteiger partial charge in [-0.25, -0.2) is 9.79 Å². The molecule has 0 saturated carbocycles. The zero-order chi connectivity index (χ0) is 31.5. The molecule has 0 N–H and O–H groups in total. The molecule has 4 aromatic rings. The number of rotatable bonds is 9. The minimum Gasteiger partial charge on any atom is -0.491 e. The molecule has 7 nitrogen and oxygen atoms in total. The minimum absolute atomic E-state index is 0.124. The Balaban J connectivity index is 1.59. The van der Waals surface area contributed by atoms with Gasteiger partial charge in [-0.15, -0.1) is 0 Å². The SMILES string of the molecule is CCOC(=O)C1=C(C)N=c2s/c(=C/c3cc(Cl)c(OCc4cccc(C)c4)c(Cl)c3)c(=O)n2[C@@H]1c1ccccc1OC(C)C. The lowest BCUT2D eigenvalue weighted by atomic mass is 9.95. The maximum Gasteiger partial charge on any atom is 0.338 e. The Hall–Kier alpha value is -3.85. The number of carbonyl (C=O) groups excluding carboxylic acids is 1. The summed E-state index contributed by atoms with van der Waals surface area (Å²) < 4.78 is 19.4. The number of fused-ring (bicyclic) bond motifs is 1. The zero-order valence-electron chi connectivity index (χ0n) is 25.0. The molecule has 0 radical (unpaired) electrons. The molecule has 5 rings (SSSR count). The van der Waals surface area contributed by atoms with Crippen LogP contribution in [-0.4, -0.2) is 23.2 Å². The monoisotopic (exact) mass is 650 g/mol. The third kappa shape index (κ3) is 6.62. The molecule has 0 unspecified atom stereocenters. The number of nitrogens with zero attached hydrogens (tertiary/aromatic N) is 2. The standard InChI is InChI=1S/C34H32Cl2N2O5S/c1-6-41-33(40)29-21(5)37-34-38(30(29)24-12-7-8-13-27(24)43-19(2)3)32(39)28(44-34)17-23-15-25(35)31(26(36)16-23)42-18-22-11-9-10-20(4)14-22/h7-17,19,30H,6,18H2,1-5H3/b28-17+/t30-/m1/s1. The maximum atomic E-state index is 14.1. The highest BCUT2D eigenvalue weighted by molar-refractivity contribution is 7.07. The first-order chi connectivity index (χ1) is 21.1. The van der Waals surface area contributed by atoms with Crippen LogP contribution in [0.25, 0.3) is 6.08 Å². The summed E-state index contributed by atoms with van der Waals surface area (Å²) in [4.78, 5) is 32.4. The average Bonchev–Trinajstić information content (AvgIpc) is 3.26. The van der Waals surface area contributed by atoms with E-state index in [1.807, 2.05) is 69.3 Å². The number of hydrogen-bond donors (Lipinski definition) is 0. The molecule has 2 heterocycles. The lowest BCUT2D eigenvalue weighted by Gasteiger charge is -2.26. The highest BCUT2D eigenvalue weighted by Gasteiger charge is 2.35. The van der Waals surface area contributed by atoms with E-state index in [9.17, 15) is 9.59 Å². The van der Waals surface area contributed by atoms with E-state index in [2.05, 4.69) is 4.99 Å². The van der Waals surface area contributed by atoms with Gasteiger partial charge in [-0.05, 0) is 70.0 Å². The summed E-state index contributed by atoms with van der Waals surface area (Å²) in [5.41, 5.74) is 3.84. The van der Waals surface area contributed by atoms with Crippen LogP contribution < -0.4 is 24.4 Å². The van der Waals surface area contributed by atoms with E-state index in [4.69, 9.17) is 37.4 Å². The van der Waals surface area contributed by atoms with Crippen LogP contribution in [0.1, 0.15) is 56.0 Å². The third-order valence-electron chi connectivity index (χ3n) is 6.88. The second kappa shape index (κ2) is 13.4. The van der Waals surface area contributed by atoms with Gasteiger partial charge in [0.1, 0.15) is 18.4 Å². The van der Waals surface area contributed by atoms with E-state index in [-0.39, 0.29) is 23.8 Å². The summed E-state index contributed by atoms with van der Waals surface area (Å²) in [6.45, 7) is 9.84. The van der Waals surface area contributed by atoms with Crippen molar-refractivity contribution in [3.05, 3.63) is 124 Å². The topological polar surface area (TPSA) is 79.1 Å². The summed E-state index contributed by atoms with van der Waals surface area (Å²) in [6.07, 6.45) is 1.59. The lowest BCUT2D eigenvalue weighted by molar-refractivity contribution is -0.139. The van der Waals surface area contributed by atoms with Crippen molar-refractivity contribution in [2.45, 2.75) is 53.4 Å². The number of ether oxygens (including phenoxy) is 3. The number of aryl methyl sites for hydroxylation is 1. The van der Waals surface area contributed by atoms with E-state index in [1.165, 1.54) is 15.9 Å². The minimum atomic E-state index is -0.799. The Morgan fingerprint density at radius 1 is 1.07 bits per heavy atom. The fraction of sp³-hybridized carbons (Fsp3) is 0.265. The molecular weight excluding hydrogens is 619 g/mol. The molecule has 1 aliphatic heterocycles. The smallest absolute Gasteiger partial charge is 0.338 e. The van der Waals surface area contributed by atoms with Crippen molar-refractivity contribution < 1.29 is 19.0 Å². The third-order valence-corrected chi connectivity index (χ3v) is 8.42. The van der Waals surface area contributed by atoms with Gasteiger partial charge in [0.2, 0.25) is 0 Å². The number of aromatic nitrogens is 1. The molecule has 0 spiro atoms. The average molecular weight is 652 g/mol. The molecule has 44 heavy (non-hydrogen) atoms. The van der Waals surface area contributed by atoms with E-state index < -0.39 is 12.0 Å². The van der Waals surface area contributed by atoms with Crippen molar-refractivity contribution >= 4 is 46.6 Å². The van der Waals surface area contributed by atoms with Gasteiger partial charge in [-0.1, -0.05) is 82.6 Å². The van der Waals surface area contributed by atoms with Gasteiger partial charge in [0.15, 0.2) is 10.6 Å². The Morgan fingerprint density at radius 2 is 1.80 bits per heavy atom. The Kier molecular flexibility index (Phi) is 9.63. The number of carbonyl (C=O) groups is 1. The van der Waals surface area contributed by atoms with Gasteiger partial charge >= 0.3 is 5.97 Å². The molecule has 1 aliphatic rings. The number of halogens is 2. The molecule has 3 aromatic carbocycles. The van der Waals surface area contributed by atoms with Gasteiger partial charge in [-0.3, -0.25) is 9.36 Å². The molecule has 1 aromatic heterocycles. The van der Waals surface area contributed by atoms with Crippen molar-refractivity contribution in [1.82, 2.24) is 4.57 Å². The van der Waals surface area contributed by atoms with Gasteiger partial charge in [0, 0.05) is 5.56 Å². The normalized spacial score (nSPS) is 14.8.